The van der Waals surface area contributed by atoms with E-state index in [1.807, 2.05) is 17.5 Å². The SMILES string of the molecule is NC(=S)CN1CCC(NC(=O)Cc2cccs2)CC1. The highest BCUT2D eigenvalue weighted by Crippen LogP contribution is 2.12. The molecule has 1 saturated heterocycles. The van der Waals surface area contributed by atoms with Gasteiger partial charge in [0, 0.05) is 30.6 Å². The Morgan fingerprint density at radius 2 is 2.26 bits per heavy atom. The van der Waals surface area contributed by atoms with Crippen LogP contribution in [0.1, 0.15) is 17.7 Å². The summed E-state index contributed by atoms with van der Waals surface area (Å²) < 4.78 is 0. The minimum atomic E-state index is 0.121. The predicted molar refractivity (Wildman–Crippen MR) is 82.4 cm³/mol. The highest BCUT2D eigenvalue weighted by Gasteiger charge is 2.20. The number of rotatable bonds is 5. The molecule has 2 rings (SSSR count). The van der Waals surface area contributed by atoms with Gasteiger partial charge in [0.25, 0.3) is 0 Å². The Kier molecular flexibility index (Phi) is 5.30. The van der Waals surface area contributed by atoms with Crippen molar-refractivity contribution in [3.05, 3.63) is 22.4 Å². The molecule has 1 aromatic rings. The highest BCUT2D eigenvalue weighted by molar-refractivity contribution is 7.80. The molecule has 0 bridgehead atoms. The van der Waals surface area contributed by atoms with Gasteiger partial charge in [0.2, 0.25) is 5.91 Å². The van der Waals surface area contributed by atoms with E-state index in [2.05, 4.69) is 10.2 Å². The Bertz CT molecular complexity index is 425. The molecule has 1 aromatic heterocycles. The molecule has 0 spiro atoms. The number of thiophene rings is 1. The van der Waals surface area contributed by atoms with Gasteiger partial charge in [0.15, 0.2) is 0 Å². The molecule has 1 aliphatic rings. The van der Waals surface area contributed by atoms with Crippen molar-refractivity contribution in [3.8, 4) is 0 Å². The van der Waals surface area contributed by atoms with E-state index in [4.69, 9.17) is 18.0 Å². The van der Waals surface area contributed by atoms with Crippen molar-refractivity contribution in [2.75, 3.05) is 19.6 Å². The van der Waals surface area contributed by atoms with Gasteiger partial charge >= 0.3 is 0 Å². The van der Waals surface area contributed by atoms with Crippen LogP contribution in [-0.2, 0) is 11.2 Å². The standard InChI is InChI=1S/C13H19N3OS2/c14-12(18)9-16-5-3-10(4-6-16)15-13(17)8-11-2-1-7-19-11/h1-2,7,10H,3-6,8-9H2,(H2,14,18)(H,15,17). The van der Waals surface area contributed by atoms with Crippen molar-refractivity contribution in [2.45, 2.75) is 25.3 Å². The Hall–Kier alpha value is -0.980. The van der Waals surface area contributed by atoms with Gasteiger partial charge in [-0.25, -0.2) is 0 Å². The summed E-state index contributed by atoms with van der Waals surface area (Å²) in [5.41, 5.74) is 5.54. The van der Waals surface area contributed by atoms with E-state index in [0.29, 0.717) is 18.0 Å². The van der Waals surface area contributed by atoms with Gasteiger partial charge in [-0.3, -0.25) is 9.69 Å². The quantitative estimate of drug-likeness (QED) is 0.801. The molecule has 19 heavy (non-hydrogen) atoms. The molecule has 3 N–H and O–H groups in total. The topological polar surface area (TPSA) is 58.4 Å². The molecule has 2 heterocycles. The van der Waals surface area contributed by atoms with Crippen LogP contribution in [0.5, 0.6) is 0 Å². The summed E-state index contributed by atoms with van der Waals surface area (Å²) in [5.74, 6) is 0.121. The van der Waals surface area contributed by atoms with Crippen molar-refractivity contribution in [1.29, 1.82) is 0 Å². The number of thiocarbonyl (C=S) groups is 1. The van der Waals surface area contributed by atoms with E-state index in [-0.39, 0.29) is 11.9 Å². The van der Waals surface area contributed by atoms with Crippen LogP contribution < -0.4 is 11.1 Å². The third kappa shape index (κ3) is 4.89. The second-order valence-corrected chi connectivity index (χ2v) is 6.40. The maximum Gasteiger partial charge on any atom is 0.225 e. The van der Waals surface area contributed by atoms with Crippen molar-refractivity contribution >= 4 is 34.5 Å². The van der Waals surface area contributed by atoms with Gasteiger partial charge in [0.1, 0.15) is 0 Å². The van der Waals surface area contributed by atoms with E-state index in [0.717, 1.165) is 30.8 Å². The summed E-state index contributed by atoms with van der Waals surface area (Å²) in [6.07, 6.45) is 2.43. The summed E-state index contributed by atoms with van der Waals surface area (Å²) in [6.45, 7) is 2.58. The van der Waals surface area contributed by atoms with Crippen molar-refractivity contribution in [3.63, 3.8) is 0 Å². The summed E-state index contributed by atoms with van der Waals surface area (Å²) in [7, 11) is 0. The van der Waals surface area contributed by atoms with Crippen LogP contribution in [0.2, 0.25) is 0 Å². The maximum atomic E-state index is 11.9. The molecule has 6 heteroatoms. The Morgan fingerprint density at radius 3 is 2.84 bits per heavy atom. The maximum absolute atomic E-state index is 11.9. The normalized spacial score (nSPS) is 17.3. The fraction of sp³-hybridized carbons (Fsp3) is 0.538. The minimum Gasteiger partial charge on any atom is -0.392 e. The number of likely N-dealkylation sites (tertiary alicyclic amines) is 1. The first-order valence-electron chi connectivity index (χ1n) is 6.46. The zero-order chi connectivity index (χ0) is 13.7. The first kappa shape index (κ1) is 14.4. The number of nitrogens with two attached hydrogens (primary N) is 1. The van der Waals surface area contributed by atoms with E-state index in [9.17, 15) is 4.79 Å². The lowest BCUT2D eigenvalue weighted by atomic mass is 10.0. The number of hydrogen-bond donors (Lipinski definition) is 2. The van der Waals surface area contributed by atoms with Crippen molar-refractivity contribution < 1.29 is 4.79 Å². The second kappa shape index (κ2) is 6.98. The van der Waals surface area contributed by atoms with Gasteiger partial charge in [-0.05, 0) is 24.3 Å². The van der Waals surface area contributed by atoms with Crippen LogP contribution in [0.15, 0.2) is 17.5 Å². The molecule has 104 valence electrons. The molecule has 1 aliphatic heterocycles. The summed E-state index contributed by atoms with van der Waals surface area (Å²) >= 11 is 6.53. The van der Waals surface area contributed by atoms with Gasteiger partial charge in [-0.1, -0.05) is 18.3 Å². The predicted octanol–water partition coefficient (Wildman–Crippen LogP) is 1.16. The summed E-state index contributed by atoms with van der Waals surface area (Å²) in [6, 6.07) is 4.26. The number of carbonyl (C=O) groups excluding carboxylic acids is 1. The molecule has 0 unspecified atom stereocenters. The minimum absolute atomic E-state index is 0.121. The lowest BCUT2D eigenvalue weighted by molar-refractivity contribution is -0.121. The molecule has 0 aliphatic carbocycles. The lowest BCUT2D eigenvalue weighted by Crippen LogP contribution is -2.46. The zero-order valence-electron chi connectivity index (χ0n) is 10.8. The number of nitrogens with one attached hydrogen (secondary N) is 1. The van der Waals surface area contributed by atoms with Crippen LogP contribution in [0.25, 0.3) is 0 Å². The van der Waals surface area contributed by atoms with E-state index >= 15 is 0 Å². The van der Waals surface area contributed by atoms with Crippen molar-refractivity contribution in [1.82, 2.24) is 10.2 Å². The first-order chi connectivity index (χ1) is 9.13. The molecule has 0 radical (unpaired) electrons. The molecule has 0 atom stereocenters. The van der Waals surface area contributed by atoms with E-state index < -0.39 is 0 Å². The monoisotopic (exact) mass is 297 g/mol. The fourth-order valence-electron chi connectivity index (χ4n) is 2.31. The van der Waals surface area contributed by atoms with Crippen LogP contribution in [0, 0.1) is 0 Å². The van der Waals surface area contributed by atoms with Crippen LogP contribution in [0.4, 0.5) is 0 Å². The number of carbonyl (C=O) groups is 1. The molecule has 0 saturated carbocycles. The average Bonchev–Trinajstić information content (AvgIpc) is 2.83. The van der Waals surface area contributed by atoms with E-state index in [1.54, 1.807) is 11.3 Å². The smallest absolute Gasteiger partial charge is 0.225 e. The summed E-state index contributed by atoms with van der Waals surface area (Å²) in [4.78, 5) is 15.8. The zero-order valence-corrected chi connectivity index (χ0v) is 12.4. The van der Waals surface area contributed by atoms with Gasteiger partial charge < -0.3 is 11.1 Å². The van der Waals surface area contributed by atoms with Crippen molar-refractivity contribution in [2.24, 2.45) is 5.73 Å². The number of piperidine rings is 1. The fourth-order valence-corrected chi connectivity index (χ4v) is 3.19. The van der Waals surface area contributed by atoms with Crippen LogP contribution in [0.3, 0.4) is 0 Å². The first-order valence-corrected chi connectivity index (χ1v) is 7.74. The molecule has 1 fully saturated rings. The van der Waals surface area contributed by atoms with Crippen LogP contribution >= 0.6 is 23.6 Å². The number of nitrogens with zero attached hydrogens (tertiary/aromatic N) is 1. The molecular formula is C13H19N3OS2. The second-order valence-electron chi connectivity index (χ2n) is 4.84. The van der Waals surface area contributed by atoms with Gasteiger partial charge in [0.05, 0.1) is 11.4 Å². The molecule has 4 nitrogen and oxygen atoms in total. The highest BCUT2D eigenvalue weighted by atomic mass is 32.1. The Labute approximate surface area is 123 Å². The van der Waals surface area contributed by atoms with Gasteiger partial charge in [-0.2, -0.15) is 0 Å². The summed E-state index contributed by atoms with van der Waals surface area (Å²) in [5, 5.41) is 5.10. The number of amides is 1. The third-order valence-corrected chi connectivity index (χ3v) is 4.25. The molecule has 1 amide bonds. The largest absolute Gasteiger partial charge is 0.392 e. The third-order valence-electron chi connectivity index (χ3n) is 3.25. The van der Waals surface area contributed by atoms with E-state index in [1.165, 1.54) is 0 Å². The molecular weight excluding hydrogens is 278 g/mol. The Balaban J connectivity index is 1.70. The Morgan fingerprint density at radius 1 is 1.53 bits per heavy atom. The lowest BCUT2D eigenvalue weighted by Gasteiger charge is -2.31. The van der Waals surface area contributed by atoms with Gasteiger partial charge in [-0.15, -0.1) is 11.3 Å². The average molecular weight is 297 g/mol. The number of hydrogen-bond acceptors (Lipinski definition) is 4. The molecule has 0 aromatic carbocycles. The van der Waals surface area contributed by atoms with Crippen LogP contribution in [-0.4, -0.2) is 41.5 Å².